The van der Waals surface area contributed by atoms with Crippen molar-refractivity contribution in [3.63, 3.8) is 0 Å². The van der Waals surface area contributed by atoms with E-state index in [9.17, 15) is 0 Å². The molecule has 0 radical (unpaired) electrons. The van der Waals surface area contributed by atoms with Gasteiger partial charge in [0.05, 0.1) is 12.2 Å². The Kier molecular flexibility index (Phi) is 4.68. The van der Waals surface area contributed by atoms with E-state index < -0.39 is 0 Å². The first kappa shape index (κ1) is 13.7. The molecule has 0 spiro atoms. The van der Waals surface area contributed by atoms with E-state index >= 15 is 0 Å². The first-order valence-corrected chi connectivity index (χ1v) is 6.91. The molecule has 4 heteroatoms. The van der Waals surface area contributed by atoms with Gasteiger partial charge in [-0.3, -0.25) is 9.67 Å². The smallest absolute Gasteiger partial charge is 0.0611 e. The summed E-state index contributed by atoms with van der Waals surface area (Å²) in [6.45, 7) is 5.34. The first-order chi connectivity index (χ1) is 9.26. The van der Waals surface area contributed by atoms with Crippen LogP contribution in [0.25, 0.3) is 0 Å². The third-order valence-electron chi connectivity index (χ3n) is 3.29. The molecule has 0 bridgehead atoms. The minimum Gasteiger partial charge on any atom is -0.306 e. The summed E-state index contributed by atoms with van der Waals surface area (Å²) in [6, 6.07) is 2.31. The number of pyridine rings is 1. The highest BCUT2D eigenvalue weighted by Crippen LogP contribution is 2.24. The summed E-state index contributed by atoms with van der Waals surface area (Å²) in [5.74, 6) is 0. The van der Waals surface area contributed by atoms with Crippen LogP contribution in [0, 0.1) is 0 Å². The Bertz CT molecular complexity index is 518. The van der Waals surface area contributed by atoms with Crippen molar-refractivity contribution in [3.8, 4) is 0 Å². The molecule has 0 amide bonds. The van der Waals surface area contributed by atoms with Crippen LogP contribution in [-0.4, -0.2) is 21.3 Å². The van der Waals surface area contributed by atoms with Gasteiger partial charge >= 0.3 is 0 Å². The summed E-state index contributed by atoms with van der Waals surface area (Å²) >= 11 is 0. The SMILES string of the molecule is CCCNC(c1cnn(C)c1)c1ccncc1CC. The van der Waals surface area contributed by atoms with Crippen molar-refractivity contribution in [2.75, 3.05) is 6.54 Å². The normalized spacial score (nSPS) is 12.6. The third kappa shape index (κ3) is 3.20. The number of hydrogen-bond acceptors (Lipinski definition) is 3. The molecular weight excluding hydrogens is 236 g/mol. The van der Waals surface area contributed by atoms with Gasteiger partial charge in [-0.25, -0.2) is 0 Å². The molecule has 19 heavy (non-hydrogen) atoms. The average molecular weight is 258 g/mol. The fourth-order valence-corrected chi connectivity index (χ4v) is 2.30. The predicted octanol–water partition coefficient (Wildman–Crippen LogP) is 2.47. The van der Waals surface area contributed by atoms with Crippen LogP contribution in [0.3, 0.4) is 0 Å². The van der Waals surface area contributed by atoms with Crippen molar-refractivity contribution in [2.24, 2.45) is 7.05 Å². The van der Waals surface area contributed by atoms with Crippen LogP contribution in [0.2, 0.25) is 0 Å². The quantitative estimate of drug-likeness (QED) is 0.865. The molecule has 1 N–H and O–H groups in total. The molecule has 2 aromatic rings. The van der Waals surface area contributed by atoms with Crippen molar-refractivity contribution in [1.29, 1.82) is 0 Å². The van der Waals surface area contributed by atoms with Crippen LogP contribution in [-0.2, 0) is 13.5 Å². The number of hydrogen-bond donors (Lipinski definition) is 1. The van der Waals surface area contributed by atoms with Crippen LogP contribution in [0.15, 0.2) is 30.9 Å². The van der Waals surface area contributed by atoms with E-state index in [0.717, 1.165) is 19.4 Å². The molecule has 2 heterocycles. The second-order valence-electron chi connectivity index (χ2n) is 4.76. The van der Waals surface area contributed by atoms with Crippen LogP contribution in [0.5, 0.6) is 0 Å². The molecule has 0 aromatic carbocycles. The van der Waals surface area contributed by atoms with Crippen molar-refractivity contribution in [1.82, 2.24) is 20.1 Å². The molecule has 0 aliphatic rings. The lowest BCUT2D eigenvalue weighted by atomic mass is 9.96. The van der Waals surface area contributed by atoms with E-state index in [-0.39, 0.29) is 6.04 Å². The van der Waals surface area contributed by atoms with Gasteiger partial charge in [-0.2, -0.15) is 5.10 Å². The lowest BCUT2D eigenvalue weighted by Gasteiger charge is -2.20. The Balaban J connectivity index is 2.36. The van der Waals surface area contributed by atoms with E-state index in [2.05, 4.69) is 41.5 Å². The van der Waals surface area contributed by atoms with Gasteiger partial charge in [0.2, 0.25) is 0 Å². The fraction of sp³-hybridized carbons (Fsp3) is 0.467. The van der Waals surface area contributed by atoms with E-state index in [1.807, 2.05) is 30.3 Å². The maximum absolute atomic E-state index is 4.29. The minimum absolute atomic E-state index is 0.201. The Hall–Kier alpha value is -1.68. The van der Waals surface area contributed by atoms with Crippen LogP contribution >= 0.6 is 0 Å². The molecule has 1 atom stereocenters. The number of nitrogens with one attached hydrogen (secondary N) is 1. The van der Waals surface area contributed by atoms with E-state index in [0.29, 0.717) is 0 Å². The Morgan fingerprint density at radius 3 is 2.79 bits per heavy atom. The molecule has 102 valence electrons. The second-order valence-corrected chi connectivity index (χ2v) is 4.76. The Labute approximate surface area is 114 Å². The lowest BCUT2D eigenvalue weighted by molar-refractivity contribution is 0.593. The van der Waals surface area contributed by atoms with Gasteiger partial charge in [0.15, 0.2) is 0 Å². The van der Waals surface area contributed by atoms with Crippen LogP contribution in [0.4, 0.5) is 0 Å². The zero-order chi connectivity index (χ0) is 13.7. The highest BCUT2D eigenvalue weighted by molar-refractivity contribution is 5.34. The van der Waals surface area contributed by atoms with Crippen molar-refractivity contribution < 1.29 is 0 Å². The van der Waals surface area contributed by atoms with Gasteiger partial charge in [0.25, 0.3) is 0 Å². The highest BCUT2D eigenvalue weighted by Gasteiger charge is 2.17. The van der Waals surface area contributed by atoms with Crippen molar-refractivity contribution >= 4 is 0 Å². The van der Waals surface area contributed by atoms with Gasteiger partial charge in [0, 0.05) is 31.2 Å². The molecule has 0 aliphatic heterocycles. The summed E-state index contributed by atoms with van der Waals surface area (Å²) in [4.78, 5) is 4.23. The van der Waals surface area contributed by atoms with Crippen molar-refractivity contribution in [3.05, 3.63) is 47.5 Å². The Morgan fingerprint density at radius 2 is 2.16 bits per heavy atom. The number of rotatable bonds is 6. The second kappa shape index (κ2) is 6.48. The third-order valence-corrected chi connectivity index (χ3v) is 3.29. The highest BCUT2D eigenvalue weighted by atomic mass is 15.2. The minimum atomic E-state index is 0.201. The van der Waals surface area contributed by atoms with Gasteiger partial charge in [-0.05, 0) is 36.6 Å². The summed E-state index contributed by atoms with van der Waals surface area (Å²) in [5, 5.41) is 7.90. The summed E-state index contributed by atoms with van der Waals surface area (Å²) in [6.07, 6.45) is 9.95. The molecular formula is C15H22N4. The zero-order valence-electron chi connectivity index (χ0n) is 11.9. The number of aromatic nitrogens is 3. The van der Waals surface area contributed by atoms with Crippen LogP contribution in [0.1, 0.15) is 43.0 Å². The molecule has 2 aromatic heterocycles. The standard InChI is InChI=1S/C15H22N4/c1-4-7-17-15(13-10-18-19(3)11-13)14-6-8-16-9-12(14)5-2/h6,8-11,15,17H,4-5,7H2,1-3H3. The van der Waals surface area contributed by atoms with E-state index in [1.165, 1.54) is 16.7 Å². The first-order valence-electron chi connectivity index (χ1n) is 6.91. The molecule has 0 fully saturated rings. The van der Waals surface area contributed by atoms with Crippen molar-refractivity contribution in [2.45, 2.75) is 32.7 Å². The summed E-state index contributed by atoms with van der Waals surface area (Å²) < 4.78 is 1.85. The number of nitrogens with zero attached hydrogens (tertiary/aromatic N) is 3. The number of aryl methyl sites for hydroxylation is 2. The fourth-order valence-electron chi connectivity index (χ4n) is 2.30. The maximum atomic E-state index is 4.29. The lowest BCUT2D eigenvalue weighted by Crippen LogP contribution is -2.24. The van der Waals surface area contributed by atoms with Gasteiger partial charge in [0.1, 0.15) is 0 Å². The topological polar surface area (TPSA) is 42.7 Å². The Morgan fingerprint density at radius 1 is 1.32 bits per heavy atom. The predicted molar refractivity (Wildman–Crippen MR) is 77.0 cm³/mol. The van der Waals surface area contributed by atoms with Gasteiger partial charge in [-0.15, -0.1) is 0 Å². The molecule has 0 saturated carbocycles. The molecule has 2 rings (SSSR count). The molecule has 1 unspecified atom stereocenters. The summed E-state index contributed by atoms with van der Waals surface area (Å²) in [5.41, 5.74) is 3.80. The van der Waals surface area contributed by atoms with Gasteiger partial charge in [-0.1, -0.05) is 13.8 Å². The van der Waals surface area contributed by atoms with Crippen LogP contribution < -0.4 is 5.32 Å². The van der Waals surface area contributed by atoms with Gasteiger partial charge < -0.3 is 5.32 Å². The molecule has 0 aliphatic carbocycles. The molecule has 4 nitrogen and oxygen atoms in total. The monoisotopic (exact) mass is 258 g/mol. The molecule has 0 saturated heterocycles. The largest absolute Gasteiger partial charge is 0.306 e. The zero-order valence-corrected chi connectivity index (χ0v) is 11.9. The van der Waals surface area contributed by atoms with E-state index in [4.69, 9.17) is 0 Å². The summed E-state index contributed by atoms with van der Waals surface area (Å²) in [7, 11) is 1.95. The van der Waals surface area contributed by atoms with E-state index in [1.54, 1.807) is 0 Å². The average Bonchev–Trinajstić information content (AvgIpc) is 2.86. The maximum Gasteiger partial charge on any atom is 0.0611 e.